The summed E-state index contributed by atoms with van der Waals surface area (Å²) in [6, 6.07) is 0. The fourth-order valence-corrected chi connectivity index (χ4v) is 9.20. The summed E-state index contributed by atoms with van der Waals surface area (Å²) in [6.45, 7) is 4.85. The standard InChI is InChI=1S/C65H121NO8/c1-6-8-10-12-14-16-18-20-22-23-24-25-26-27-28-29-30-31-32-33-34-35-36-37-38-39-40-41-42-44-45-47-49-51-53-55-62(67)72-59-61(60-73-65(64(69)70)71-58-57-66(3,4)5)74-63(68)56-54-52-50-48-46-43-21-19-17-15-13-11-9-7-2/h13,15,19,21,23-24,61,65H,6-12,14,16-18,20,22,25-60H2,1-5H3/p+1/b15-13-,21-19-,24-23-. The molecule has 0 aromatic heterocycles. The molecule has 0 saturated carbocycles. The van der Waals surface area contributed by atoms with E-state index in [0.29, 0.717) is 23.9 Å². The summed E-state index contributed by atoms with van der Waals surface area (Å²) in [6.07, 6.45) is 66.9. The van der Waals surface area contributed by atoms with Crippen LogP contribution in [0.3, 0.4) is 0 Å². The minimum Gasteiger partial charge on any atom is -0.477 e. The van der Waals surface area contributed by atoms with Crippen LogP contribution >= 0.6 is 0 Å². The largest absolute Gasteiger partial charge is 0.477 e. The number of likely N-dealkylation sites (N-methyl/N-ethyl adjacent to an activating group) is 1. The third kappa shape index (κ3) is 57.2. The molecule has 74 heavy (non-hydrogen) atoms. The number of ether oxygens (including phenoxy) is 4. The molecule has 0 saturated heterocycles. The first-order chi connectivity index (χ1) is 36.1. The molecule has 0 aliphatic heterocycles. The number of carbonyl (C=O) groups is 3. The fourth-order valence-electron chi connectivity index (χ4n) is 9.20. The summed E-state index contributed by atoms with van der Waals surface area (Å²) in [5.41, 5.74) is 0. The number of esters is 2. The molecule has 1 N–H and O–H groups in total. The first kappa shape index (κ1) is 71.5. The van der Waals surface area contributed by atoms with Crippen molar-refractivity contribution in [3.8, 4) is 0 Å². The number of allylic oxidation sites excluding steroid dienone is 6. The lowest BCUT2D eigenvalue weighted by atomic mass is 10.0. The van der Waals surface area contributed by atoms with Crippen LogP contribution in [0, 0.1) is 0 Å². The minimum atomic E-state index is -1.51. The Morgan fingerprint density at radius 2 is 0.743 bits per heavy atom. The Balaban J connectivity index is 3.97. The van der Waals surface area contributed by atoms with E-state index < -0.39 is 24.3 Å². The molecule has 9 heteroatoms. The maximum Gasteiger partial charge on any atom is 0.361 e. The van der Waals surface area contributed by atoms with Crippen molar-refractivity contribution in [2.75, 3.05) is 47.5 Å². The number of unbranched alkanes of at least 4 members (excludes halogenated alkanes) is 38. The Hall–Kier alpha value is -2.49. The van der Waals surface area contributed by atoms with Gasteiger partial charge in [-0.1, -0.05) is 262 Å². The van der Waals surface area contributed by atoms with Crippen molar-refractivity contribution in [1.82, 2.24) is 0 Å². The maximum atomic E-state index is 12.8. The molecule has 0 radical (unpaired) electrons. The summed E-state index contributed by atoms with van der Waals surface area (Å²) < 4.78 is 22.9. The second-order valence-electron chi connectivity index (χ2n) is 22.7. The van der Waals surface area contributed by atoms with Crippen molar-refractivity contribution in [3.05, 3.63) is 36.5 Å². The number of quaternary nitrogens is 1. The first-order valence-electron chi connectivity index (χ1n) is 31.7. The predicted octanol–water partition coefficient (Wildman–Crippen LogP) is 18.9. The van der Waals surface area contributed by atoms with E-state index in [4.69, 9.17) is 18.9 Å². The summed E-state index contributed by atoms with van der Waals surface area (Å²) in [7, 11) is 5.97. The van der Waals surface area contributed by atoms with Gasteiger partial charge in [-0.25, -0.2) is 4.79 Å². The molecular weight excluding hydrogens is 923 g/mol. The number of carboxylic acids is 1. The van der Waals surface area contributed by atoms with E-state index in [1.165, 1.54) is 205 Å². The predicted molar refractivity (Wildman–Crippen MR) is 314 cm³/mol. The molecule has 434 valence electrons. The van der Waals surface area contributed by atoms with Crippen molar-refractivity contribution in [3.63, 3.8) is 0 Å². The van der Waals surface area contributed by atoms with Gasteiger partial charge in [0.15, 0.2) is 6.10 Å². The lowest BCUT2D eigenvalue weighted by Crippen LogP contribution is -2.40. The van der Waals surface area contributed by atoms with Crippen LogP contribution in [-0.2, 0) is 33.3 Å². The summed E-state index contributed by atoms with van der Waals surface area (Å²) in [5.74, 6) is -2.01. The number of hydrogen-bond acceptors (Lipinski definition) is 7. The number of aliphatic carboxylic acids is 1. The van der Waals surface area contributed by atoms with Gasteiger partial charge in [-0.05, 0) is 64.2 Å². The van der Waals surface area contributed by atoms with Gasteiger partial charge >= 0.3 is 17.9 Å². The van der Waals surface area contributed by atoms with E-state index in [-0.39, 0.29) is 32.2 Å². The van der Waals surface area contributed by atoms with Crippen LogP contribution in [0.5, 0.6) is 0 Å². The van der Waals surface area contributed by atoms with Crippen LogP contribution in [0.25, 0.3) is 0 Å². The van der Waals surface area contributed by atoms with E-state index in [0.717, 1.165) is 64.2 Å². The lowest BCUT2D eigenvalue weighted by Gasteiger charge is -2.25. The Labute approximate surface area is 458 Å². The fraction of sp³-hybridized carbons (Fsp3) is 0.862. The zero-order valence-corrected chi connectivity index (χ0v) is 49.5. The van der Waals surface area contributed by atoms with Gasteiger partial charge in [0.05, 0.1) is 34.4 Å². The second kappa shape index (κ2) is 56.7. The summed E-state index contributed by atoms with van der Waals surface area (Å²) in [5, 5.41) is 9.69. The van der Waals surface area contributed by atoms with Gasteiger partial charge in [0.1, 0.15) is 13.2 Å². The molecule has 0 spiro atoms. The monoisotopic (exact) mass is 1040 g/mol. The smallest absolute Gasteiger partial charge is 0.361 e. The van der Waals surface area contributed by atoms with Gasteiger partial charge < -0.3 is 28.5 Å². The van der Waals surface area contributed by atoms with Crippen LogP contribution < -0.4 is 0 Å². The highest BCUT2D eigenvalue weighted by atomic mass is 16.7. The molecule has 0 aliphatic carbocycles. The van der Waals surface area contributed by atoms with Crippen molar-refractivity contribution < 1.29 is 42.9 Å². The summed E-state index contributed by atoms with van der Waals surface area (Å²) in [4.78, 5) is 37.4. The van der Waals surface area contributed by atoms with Crippen LogP contribution in [0.4, 0.5) is 0 Å². The zero-order valence-electron chi connectivity index (χ0n) is 49.5. The van der Waals surface area contributed by atoms with E-state index in [9.17, 15) is 19.5 Å². The van der Waals surface area contributed by atoms with Crippen molar-refractivity contribution in [2.24, 2.45) is 0 Å². The van der Waals surface area contributed by atoms with Crippen LogP contribution in [0.1, 0.15) is 303 Å². The molecule has 0 heterocycles. The normalized spacial score (nSPS) is 12.9. The Morgan fingerprint density at radius 1 is 0.405 bits per heavy atom. The van der Waals surface area contributed by atoms with Crippen molar-refractivity contribution >= 4 is 17.9 Å². The second-order valence-corrected chi connectivity index (χ2v) is 22.7. The Kier molecular flexibility index (Phi) is 54.8. The quantitative estimate of drug-likeness (QED) is 0.0211. The van der Waals surface area contributed by atoms with Gasteiger partial charge in [0, 0.05) is 12.8 Å². The van der Waals surface area contributed by atoms with Gasteiger partial charge in [-0.2, -0.15) is 0 Å². The molecule has 0 aliphatic rings. The van der Waals surface area contributed by atoms with Gasteiger partial charge in [0.25, 0.3) is 6.29 Å². The van der Waals surface area contributed by atoms with Crippen molar-refractivity contribution in [1.29, 1.82) is 0 Å². The Morgan fingerprint density at radius 3 is 1.12 bits per heavy atom. The van der Waals surface area contributed by atoms with Gasteiger partial charge in [-0.3, -0.25) is 9.59 Å². The number of carboxylic acid groups (broad SMARTS) is 1. The molecular formula is C65H122NO8+. The SMILES string of the molecule is CCCC/C=C\C/C=C\CCCCCCCC(=O)OC(COC(=O)CCCCCCCCCCCCCCCCCCCCCCCCC/C=C\CCCCCCCCCC)COC(OCC[N+](C)(C)C)C(=O)O. The number of nitrogens with zero attached hydrogens (tertiary/aromatic N) is 1. The lowest BCUT2D eigenvalue weighted by molar-refractivity contribution is -0.870. The van der Waals surface area contributed by atoms with E-state index in [1.54, 1.807) is 0 Å². The van der Waals surface area contributed by atoms with Crippen LogP contribution in [0.2, 0.25) is 0 Å². The van der Waals surface area contributed by atoms with E-state index >= 15 is 0 Å². The summed E-state index contributed by atoms with van der Waals surface area (Å²) >= 11 is 0. The van der Waals surface area contributed by atoms with Crippen LogP contribution in [0.15, 0.2) is 36.5 Å². The maximum absolute atomic E-state index is 12.8. The minimum absolute atomic E-state index is 0.184. The average Bonchev–Trinajstić information content (AvgIpc) is 3.37. The number of hydrogen-bond donors (Lipinski definition) is 1. The third-order valence-corrected chi connectivity index (χ3v) is 14.1. The van der Waals surface area contributed by atoms with Gasteiger partial charge in [0.2, 0.25) is 0 Å². The highest BCUT2D eigenvalue weighted by Gasteiger charge is 2.25. The van der Waals surface area contributed by atoms with Crippen LogP contribution in [-0.4, -0.2) is 87.4 Å². The first-order valence-corrected chi connectivity index (χ1v) is 31.7. The topological polar surface area (TPSA) is 108 Å². The molecule has 0 aromatic carbocycles. The molecule has 0 bridgehead atoms. The highest BCUT2D eigenvalue weighted by Crippen LogP contribution is 2.18. The Bertz CT molecular complexity index is 1310. The number of carbonyl (C=O) groups excluding carboxylic acids is 2. The molecule has 0 aromatic rings. The molecule has 2 unspecified atom stereocenters. The average molecular weight is 1050 g/mol. The van der Waals surface area contributed by atoms with Gasteiger partial charge in [-0.15, -0.1) is 0 Å². The third-order valence-electron chi connectivity index (χ3n) is 14.1. The molecule has 0 fully saturated rings. The molecule has 0 amide bonds. The molecule has 9 nitrogen and oxygen atoms in total. The van der Waals surface area contributed by atoms with Crippen molar-refractivity contribution in [2.45, 2.75) is 315 Å². The molecule has 0 rings (SSSR count). The van der Waals surface area contributed by atoms with E-state index in [1.807, 2.05) is 21.1 Å². The molecule has 2 atom stereocenters. The highest BCUT2D eigenvalue weighted by molar-refractivity contribution is 5.71. The number of rotatable bonds is 59. The zero-order chi connectivity index (χ0) is 54.1. The van der Waals surface area contributed by atoms with E-state index in [2.05, 4.69) is 50.3 Å².